The maximum atomic E-state index is 14.0. The highest BCUT2D eigenvalue weighted by molar-refractivity contribution is 9.10. The predicted molar refractivity (Wildman–Crippen MR) is 166 cm³/mol. The Morgan fingerprint density at radius 2 is 1.68 bits per heavy atom. The Kier molecular flexibility index (Phi) is 11.8. The van der Waals surface area contributed by atoms with E-state index in [1.54, 1.807) is 30.3 Å². The highest BCUT2D eigenvalue weighted by Crippen LogP contribution is 2.31. The van der Waals surface area contributed by atoms with Crippen molar-refractivity contribution in [3.63, 3.8) is 0 Å². The Bertz CT molecular complexity index is 1420. The molecule has 0 aliphatic carbocycles. The second-order valence-corrected chi connectivity index (χ2v) is 12.4. The van der Waals surface area contributed by atoms with Crippen LogP contribution >= 0.6 is 15.9 Å². The number of methoxy groups -OCH3 is 1. The Morgan fingerprint density at radius 1 is 1.00 bits per heavy atom. The molecule has 0 aliphatic heterocycles. The number of halogens is 1. The molecule has 2 amide bonds. The minimum Gasteiger partial charge on any atom is -0.496 e. The quantitative estimate of drug-likeness (QED) is 0.256. The number of ether oxygens (including phenoxy) is 1. The number of amides is 2. The van der Waals surface area contributed by atoms with Crippen molar-refractivity contribution in [2.75, 3.05) is 31.0 Å². The molecule has 10 heteroatoms. The van der Waals surface area contributed by atoms with Gasteiger partial charge in [0.1, 0.15) is 18.3 Å². The van der Waals surface area contributed by atoms with Gasteiger partial charge in [0.15, 0.2) is 0 Å². The van der Waals surface area contributed by atoms with Crippen LogP contribution in [0, 0.1) is 6.92 Å². The van der Waals surface area contributed by atoms with Crippen molar-refractivity contribution in [3.8, 4) is 5.75 Å². The number of anilines is 1. The van der Waals surface area contributed by atoms with E-state index in [4.69, 9.17) is 4.74 Å². The number of nitrogens with one attached hydrogen (secondary N) is 1. The molecule has 0 bridgehead atoms. The molecule has 0 aliphatic rings. The average molecular weight is 645 g/mol. The van der Waals surface area contributed by atoms with Crippen LogP contribution in [0.4, 0.5) is 5.69 Å². The summed E-state index contributed by atoms with van der Waals surface area (Å²) in [6.45, 7) is 5.99. The smallest absolute Gasteiger partial charge is 0.264 e. The number of aryl methyl sites for hydroxylation is 1. The normalized spacial score (nSPS) is 11.9. The van der Waals surface area contributed by atoms with Gasteiger partial charge in [-0.15, -0.1) is 0 Å². The third kappa shape index (κ3) is 8.33. The second kappa shape index (κ2) is 15.0. The first kappa shape index (κ1) is 32.1. The summed E-state index contributed by atoms with van der Waals surface area (Å²) in [5, 5.41) is 2.90. The maximum absolute atomic E-state index is 14.0. The fourth-order valence-corrected chi connectivity index (χ4v) is 6.57. The molecule has 0 saturated heterocycles. The van der Waals surface area contributed by atoms with Gasteiger partial charge in [-0.2, -0.15) is 0 Å². The SMILES string of the molecule is CCCNC(=O)[C@@H](CC)N(CCc1ccccc1)C(=O)CN(c1ccc(C)cc1)S(=O)(=O)c1ccc(OC)c(Br)c1. The minimum absolute atomic E-state index is 0.00196. The summed E-state index contributed by atoms with van der Waals surface area (Å²) >= 11 is 3.37. The zero-order valence-electron chi connectivity index (χ0n) is 24.0. The van der Waals surface area contributed by atoms with Gasteiger partial charge < -0.3 is 15.0 Å². The number of nitrogens with zero attached hydrogens (tertiary/aromatic N) is 2. The summed E-state index contributed by atoms with van der Waals surface area (Å²) in [5.41, 5.74) is 2.32. The van der Waals surface area contributed by atoms with Crippen molar-refractivity contribution in [1.29, 1.82) is 0 Å². The van der Waals surface area contributed by atoms with Crippen LogP contribution in [-0.4, -0.2) is 57.9 Å². The molecule has 1 N–H and O–H groups in total. The van der Waals surface area contributed by atoms with Gasteiger partial charge in [0, 0.05) is 13.1 Å². The largest absolute Gasteiger partial charge is 0.496 e. The molecule has 0 spiro atoms. The van der Waals surface area contributed by atoms with Crippen molar-refractivity contribution >= 4 is 43.5 Å². The molecule has 3 aromatic rings. The third-order valence-corrected chi connectivity index (χ3v) is 9.12. The molecule has 41 heavy (non-hydrogen) atoms. The Labute approximate surface area is 251 Å². The molecule has 1 atom stereocenters. The third-order valence-electron chi connectivity index (χ3n) is 6.73. The molecule has 3 aromatic carbocycles. The van der Waals surface area contributed by atoms with Crippen LogP contribution in [0.3, 0.4) is 0 Å². The molecule has 8 nitrogen and oxygen atoms in total. The molecule has 3 rings (SSSR count). The fraction of sp³-hybridized carbons (Fsp3) is 0.355. The van der Waals surface area contributed by atoms with E-state index in [0.29, 0.717) is 35.3 Å². The topological polar surface area (TPSA) is 96.0 Å². The lowest BCUT2D eigenvalue weighted by atomic mass is 10.1. The van der Waals surface area contributed by atoms with Crippen LogP contribution in [0.2, 0.25) is 0 Å². The second-order valence-electron chi connectivity index (χ2n) is 9.68. The molecule has 0 fully saturated rings. The maximum Gasteiger partial charge on any atom is 0.264 e. The summed E-state index contributed by atoms with van der Waals surface area (Å²) in [7, 11) is -2.68. The Hall–Kier alpha value is -3.37. The number of hydrogen-bond acceptors (Lipinski definition) is 5. The van der Waals surface area contributed by atoms with Gasteiger partial charge in [-0.3, -0.25) is 13.9 Å². The standard InChI is InChI=1S/C31H38BrN3O5S/c1-5-19-33-31(37)28(6-2)34(20-18-24-10-8-7-9-11-24)30(36)22-35(25-14-12-23(3)13-15-25)41(38,39)26-16-17-29(40-4)27(32)21-26/h7-17,21,28H,5-6,18-20,22H2,1-4H3,(H,33,37)/t28-/m1/s1. The van der Waals surface area contributed by atoms with E-state index in [-0.39, 0.29) is 17.3 Å². The van der Waals surface area contributed by atoms with Crippen LogP contribution in [-0.2, 0) is 26.0 Å². The number of sulfonamides is 1. The van der Waals surface area contributed by atoms with Crippen molar-refractivity contribution in [2.45, 2.75) is 51.0 Å². The van der Waals surface area contributed by atoms with Gasteiger partial charge >= 0.3 is 0 Å². The van der Waals surface area contributed by atoms with Crippen LogP contribution in [0.25, 0.3) is 0 Å². The first-order valence-corrected chi connectivity index (χ1v) is 15.9. The Balaban J connectivity index is 2.02. The van der Waals surface area contributed by atoms with E-state index < -0.39 is 28.5 Å². The first-order chi connectivity index (χ1) is 19.6. The molecular formula is C31H38BrN3O5S. The lowest BCUT2D eigenvalue weighted by molar-refractivity contribution is -0.139. The molecule has 0 unspecified atom stereocenters. The van der Waals surface area contributed by atoms with Gasteiger partial charge in [0.25, 0.3) is 10.0 Å². The summed E-state index contributed by atoms with van der Waals surface area (Å²) in [6.07, 6.45) is 1.67. The predicted octanol–water partition coefficient (Wildman–Crippen LogP) is 5.34. The summed E-state index contributed by atoms with van der Waals surface area (Å²) in [6, 6.07) is 20.4. The highest BCUT2D eigenvalue weighted by Gasteiger charge is 2.33. The number of hydrogen-bond donors (Lipinski definition) is 1. The summed E-state index contributed by atoms with van der Waals surface area (Å²) < 4.78 is 34.9. The molecule has 0 heterocycles. The molecule has 0 aromatic heterocycles. The van der Waals surface area contributed by atoms with Gasteiger partial charge in [0.05, 0.1) is 22.2 Å². The minimum atomic E-state index is -4.18. The van der Waals surface area contributed by atoms with Crippen LogP contribution in [0.15, 0.2) is 82.2 Å². The monoisotopic (exact) mass is 643 g/mol. The number of rotatable bonds is 14. The summed E-state index contributed by atoms with van der Waals surface area (Å²) in [5.74, 6) is -0.228. The van der Waals surface area contributed by atoms with E-state index >= 15 is 0 Å². The Morgan fingerprint density at radius 3 is 2.27 bits per heavy atom. The number of carbonyl (C=O) groups is 2. The van der Waals surface area contributed by atoms with Gasteiger partial charge in [0.2, 0.25) is 11.8 Å². The highest BCUT2D eigenvalue weighted by atomic mass is 79.9. The average Bonchev–Trinajstić information content (AvgIpc) is 2.97. The van der Waals surface area contributed by atoms with Crippen LogP contribution in [0.5, 0.6) is 5.75 Å². The number of benzene rings is 3. The lowest BCUT2D eigenvalue weighted by Gasteiger charge is -2.33. The zero-order chi connectivity index (χ0) is 30.0. The first-order valence-electron chi connectivity index (χ1n) is 13.7. The van der Waals surface area contributed by atoms with Crippen molar-refractivity contribution in [2.24, 2.45) is 0 Å². The zero-order valence-corrected chi connectivity index (χ0v) is 26.4. The molecular weight excluding hydrogens is 606 g/mol. The number of carbonyl (C=O) groups excluding carboxylic acids is 2. The van der Waals surface area contributed by atoms with E-state index in [9.17, 15) is 18.0 Å². The van der Waals surface area contributed by atoms with Gasteiger partial charge in [-0.1, -0.05) is 61.9 Å². The molecule has 0 saturated carbocycles. The van der Waals surface area contributed by atoms with Gasteiger partial charge in [-0.05, 0) is 78.0 Å². The fourth-order valence-electron chi connectivity index (χ4n) is 4.44. The van der Waals surface area contributed by atoms with Crippen molar-refractivity contribution < 1.29 is 22.7 Å². The van der Waals surface area contributed by atoms with E-state index in [2.05, 4.69) is 21.2 Å². The molecule has 0 radical (unpaired) electrons. The van der Waals surface area contributed by atoms with Gasteiger partial charge in [-0.25, -0.2) is 8.42 Å². The molecule has 220 valence electrons. The van der Waals surface area contributed by atoms with E-state index in [1.165, 1.54) is 24.1 Å². The van der Waals surface area contributed by atoms with Crippen LogP contribution < -0.4 is 14.4 Å². The lowest BCUT2D eigenvalue weighted by Crippen LogP contribution is -2.53. The van der Waals surface area contributed by atoms with E-state index in [1.807, 2.05) is 51.1 Å². The van der Waals surface area contributed by atoms with Crippen molar-refractivity contribution in [3.05, 3.63) is 88.4 Å². The van der Waals surface area contributed by atoms with Crippen LogP contribution in [0.1, 0.15) is 37.8 Å². The van der Waals surface area contributed by atoms with Crippen molar-refractivity contribution in [1.82, 2.24) is 10.2 Å². The summed E-state index contributed by atoms with van der Waals surface area (Å²) in [4.78, 5) is 28.7. The van der Waals surface area contributed by atoms with E-state index in [0.717, 1.165) is 21.9 Å².